The van der Waals surface area contributed by atoms with Crippen molar-refractivity contribution < 1.29 is 18.1 Å². The molecule has 0 saturated heterocycles. The summed E-state index contributed by atoms with van der Waals surface area (Å²) in [5, 5.41) is 35.2. The van der Waals surface area contributed by atoms with Crippen molar-refractivity contribution >= 4 is 34.4 Å². The van der Waals surface area contributed by atoms with E-state index in [0.717, 1.165) is 17.7 Å². The zero-order valence-electron chi connectivity index (χ0n) is 21.3. The van der Waals surface area contributed by atoms with Crippen LogP contribution >= 0.6 is 0 Å². The third-order valence-electron chi connectivity index (χ3n) is 5.97. The maximum Gasteiger partial charge on any atom is 0.418 e. The van der Waals surface area contributed by atoms with Gasteiger partial charge in [-0.05, 0) is 37.6 Å². The molecule has 0 aliphatic heterocycles. The molecule has 1 heterocycles. The number of aromatic nitrogens is 1. The number of azo groups is 1. The average Bonchev–Trinajstić information content (AvgIpc) is 2.93. The summed E-state index contributed by atoms with van der Waals surface area (Å²) in [7, 11) is 0. The number of hydrogen-bond donors (Lipinski definition) is 2. The third kappa shape index (κ3) is 6.21. The van der Waals surface area contributed by atoms with Gasteiger partial charge >= 0.3 is 6.18 Å². The first kappa shape index (κ1) is 27.7. The van der Waals surface area contributed by atoms with Crippen molar-refractivity contribution in [3.8, 4) is 6.07 Å². The second-order valence-corrected chi connectivity index (χ2v) is 8.69. The van der Waals surface area contributed by atoms with E-state index in [4.69, 9.17) is 0 Å². The Balaban J connectivity index is 1.83. The van der Waals surface area contributed by atoms with E-state index in [1.165, 1.54) is 0 Å². The van der Waals surface area contributed by atoms with Crippen molar-refractivity contribution in [1.29, 1.82) is 5.26 Å². The quantitative estimate of drug-likeness (QED) is 0.130. The average molecular weight is 546 g/mol. The van der Waals surface area contributed by atoms with Crippen molar-refractivity contribution in [2.75, 3.05) is 10.6 Å². The van der Waals surface area contributed by atoms with Crippen molar-refractivity contribution in [3.05, 3.63) is 111 Å². The number of nitrogens with zero attached hydrogens (tertiary/aromatic N) is 5. The lowest BCUT2D eigenvalue weighted by molar-refractivity contribution is -0.385. The zero-order chi connectivity index (χ0) is 28.9. The van der Waals surface area contributed by atoms with Crippen molar-refractivity contribution in [3.63, 3.8) is 0 Å². The minimum Gasteiger partial charge on any atom is -0.362 e. The maximum absolute atomic E-state index is 13.7. The second-order valence-electron chi connectivity index (χ2n) is 8.69. The molecule has 0 bridgehead atoms. The summed E-state index contributed by atoms with van der Waals surface area (Å²) in [5.74, 6) is 0.393. The van der Waals surface area contributed by atoms with Crippen molar-refractivity contribution in [1.82, 2.24) is 4.98 Å². The molecule has 40 heavy (non-hydrogen) atoms. The van der Waals surface area contributed by atoms with Gasteiger partial charge in [-0.3, -0.25) is 10.1 Å². The summed E-state index contributed by atoms with van der Waals surface area (Å²) in [4.78, 5) is 14.7. The van der Waals surface area contributed by atoms with E-state index < -0.39 is 28.0 Å². The summed E-state index contributed by atoms with van der Waals surface area (Å²) in [6.07, 6.45) is -4.92. The highest BCUT2D eigenvalue weighted by molar-refractivity contribution is 5.77. The van der Waals surface area contributed by atoms with E-state index in [0.29, 0.717) is 17.3 Å². The molecule has 1 aromatic heterocycles. The van der Waals surface area contributed by atoms with Crippen molar-refractivity contribution in [2.24, 2.45) is 10.2 Å². The number of hydrogen-bond acceptors (Lipinski definition) is 8. The van der Waals surface area contributed by atoms with Crippen LogP contribution in [0.25, 0.3) is 0 Å². The molecule has 4 rings (SSSR count). The lowest BCUT2D eigenvalue weighted by Crippen LogP contribution is -2.11. The molecule has 12 heteroatoms. The summed E-state index contributed by atoms with van der Waals surface area (Å²) in [6, 6.07) is 22.4. The van der Waals surface area contributed by atoms with Gasteiger partial charge in [0.05, 0.1) is 21.7 Å². The van der Waals surface area contributed by atoms with Crippen LogP contribution in [0, 0.1) is 28.4 Å². The Bertz CT molecular complexity index is 1600. The number of para-hydroxylation sites is 1. The molecule has 1 atom stereocenters. The monoisotopic (exact) mass is 545 g/mol. The summed E-state index contributed by atoms with van der Waals surface area (Å²) in [5.41, 5.74) is -0.622. The van der Waals surface area contributed by atoms with E-state index in [2.05, 4.69) is 31.9 Å². The van der Waals surface area contributed by atoms with Crippen LogP contribution in [0.15, 0.2) is 89.1 Å². The van der Waals surface area contributed by atoms with E-state index in [1.54, 1.807) is 31.2 Å². The molecular formula is C28H22F3N7O2. The highest BCUT2D eigenvalue weighted by Crippen LogP contribution is 2.41. The van der Waals surface area contributed by atoms with Crippen molar-refractivity contribution in [2.45, 2.75) is 26.1 Å². The Labute approximate surface area is 227 Å². The number of nitro benzene ring substituents is 1. The SMILES string of the molecule is Cc1c(C#N)c(NC(C)c2ccccc2)nc(Nc2ccccc2)c1N=Nc1ccc([N+](=O)[O-])cc1C(F)(F)F. The molecule has 1 unspecified atom stereocenters. The molecule has 202 valence electrons. The third-order valence-corrected chi connectivity index (χ3v) is 5.97. The molecule has 4 aromatic rings. The number of nitriles is 1. The number of anilines is 3. The van der Waals surface area contributed by atoms with Crippen LogP contribution in [0.5, 0.6) is 0 Å². The van der Waals surface area contributed by atoms with Gasteiger partial charge in [-0.15, -0.1) is 10.2 Å². The highest BCUT2D eigenvalue weighted by atomic mass is 19.4. The number of halogens is 3. The van der Waals surface area contributed by atoms with Gasteiger partial charge in [0.25, 0.3) is 5.69 Å². The zero-order valence-corrected chi connectivity index (χ0v) is 21.3. The predicted octanol–water partition coefficient (Wildman–Crippen LogP) is 8.52. The predicted molar refractivity (Wildman–Crippen MR) is 144 cm³/mol. The van der Waals surface area contributed by atoms with E-state index in [-0.39, 0.29) is 28.9 Å². The molecule has 0 fully saturated rings. The van der Waals surface area contributed by atoms with Crippen LogP contribution in [-0.4, -0.2) is 9.91 Å². The number of nitrogens with one attached hydrogen (secondary N) is 2. The van der Waals surface area contributed by atoms with Gasteiger partial charge in [-0.1, -0.05) is 48.5 Å². The lowest BCUT2D eigenvalue weighted by Gasteiger charge is -2.19. The molecule has 0 saturated carbocycles. The Kier molecular flexibility index (Phi) is 8.04. The fourth-order valence-electron chi connectivity index (χ4n) is 3.89. The standard InChI is InChI=1S/C28H22F3N7O2/c1-17-22(16-32)26(33-18(2)19-9-5-3-6-10-19)35-27(34-20-11-7-4-8-12-20)25(17)37-36-24-14-13-21(38(39)40)15-23(24)28(29,30)31/h3-15,18H,1-2H3,(H2,33,34,35). The Morgan fingerprint density at radius 3 is 2.25 bits per heavy atom. The smallest absolute Gasteiger partial charge is 0.362 e. The molecule has 0 amide bonds. The van der Waals surface area contributed by atoms with Crippen LogP contribution in [0.3, 0.4) is 0 Å². The lowest BCUT2D eigenvalue weighted by atomic mass is 10.1. The van der Waals surface area contributed by atoms with Crippen LogP contribution in [0.2, 0.25) is 0 Å². The number of benzene rings is 3. The van der Waals surface area contributed by atoms with Gasteiger partial charge in [0.1, 0.15) is 17.6 Å². The van der Waals surface area contributed by atoms with Gasteiger partial charge in [0, 0.05) is 29.4 Å². The van der Waals surface area contributed by atoms with Crippen LogP contribution in [0.4, 0.5) is 47.6 Å². The normalized spacial score (nSPS) is 12.1. The number of alkyl halides is 3. The van der Waals surface area contributed by atoms with Gasteiger partial charge in [0.15, 0.2) is 5.82 Å². The number of non-ortho nitro benzene ring substituents is 1. The number of pyridine rings is 1. The Morgan fingerprint density at radius 1 is 1.00 bits per heavy atom. The van der Waals surface area contributed by atoms with Gasteiger partial charge in [-0.2, -0.15) is 18.4 Å². The summed E-state index contributed by atoms with van der Waals surface area (Å²) >= 11 is 0. The topological polar surface area (TPSA) is 129 Å². The highest BCUT2D eigenvalue weighted by Gasteiger charge is 2.35. The summed E-state index contributed by atoms with van der Waals surface area (Å²) in [6.45, 7) is 3.49. The second kappa shape index (κ2) is 11.6. The molecule has 0 radical (unpaired) electrons. The number of nitro groups is 1. The van der Waals surface area contributed by atoms with E-state index >= 15 is 0 Å². The van der Waals surface area contributed by atoms with Crippen LogP contribution < -0.4 is 10.6 Å². The van der Waals surface area contributed by atoms with E-state index in [1.807, 2.05) is 43.3 Å². The number of rotatable bonds is 8. The summed E-state index contributed by atoms with van der Waals surface area (Å²) < 4.78 is 41.1. The largest absolute Gasteiger partial charge is 0.418 e. The fraction of sp³-hybridized carbons (Fsp3) is 0.143. The van der Waals surface area contributed by atoms with Crippen LogP contribution in [0.1, 0.15) is 35.2 Å². The fourth-order valence-corrected chi connectivity index (χ4v) is 3.89. The first-order valence-corrected chi connectivity index (χ1v) is 11.9. The first-order chi connectivity index (χ1) is 19.1. The first-order valence-electron chi connectivity index (χ1n) is 11.9. The minimum absolute atomic E-state index is 0.0322. The molecule has 2 N–H and O–H groups in total. The van der Waals surface area contributed by atoms with Gasteiger partial charge in [-0.25, -0.2) is 4.98 Å². The minimum atomic E-state index is -4.92. The molecule has 0 aliphatic carbocycles. The maximum atomic E-state index is 13.7. The Morgan fingerprint density at radius 2 is 1.65 bits per heavy atom. The Hall–Kier alpha value is -5.31. The molecule has 9 nitrogen and oxygen atoms in total. The van der Waals surface area contributed by atoms with E-state index in [9.17, 15) is 28.5 Å². The molecule has 0 spiro atoms. The van der Waals surface area contributed by atoms with Crippen LogP contribution in [-0.2, 0) is 6.18 Å². The molecule has 3 aromatic carbocycles. The molecular weight excluding hydrogens is 523 g/mol. The molecule has 0 aliphatic rings. The van der Waals surface area contributed by atoms with Gasteiger partial charge < -0.3 is 10.6 Å². The van der Waals surface area contributed by atoms with Gasteiger partial charge in [0.2, 0.25) is 0 Å².